The van der Waals surface area contributed by atoms with Crippen LogP contribution < -0.4 is 5.32 Å². The molecule has 1 fully saturated rings. The molecule has 7 heteroatoms. The standard InChI is InChI=1S/C18H26N6O/c1-14-21-15(2)24(22-14)10-4-9-20-17-6-11-23(12-7-17)18(25)16-5-3-8-19-13-16/h3,5,8,13,17,20H,4,6-7,9-12H2,1-2H3. The Morgan fingerprint density at radius 3 is 2.76 bits per heavy atom. The molecule has 1 amide bonds. The third-order valence-corrected chi connectivity index (χ3v) is 4.63. The minimum Gasteiger partial charge on any atom is -0.338 e. The second kappa shape index (κ2) is 8.20. The third kappa shape index (κ3) is 4.63. The fourth-order valence-corrected chi connectivity index (χ4v) is 3.27. The highest BCUT2D eigenvalue weighted by atomic mass is 16.2. The summed E-state index contributed by atoms with van der Waals surface area (Å²) >= 11 is 0. The Kier molecular flexibility index (Phi) is 5.75. The molecule has 1 aliphatic heterocycles. The number of pyridine rings is 1. The summed E-state index contributed by atoms with van der Waals surface area (Å²) in [5, 5.41) is 7.99. The number of likely N-dealkylation sites (tertiary alicyclic amines) is 1. The molecule has 0 aliphatic carbocycles. The topological polar surface area (TPSA) is 75.9 Å². The Hall–Kier alpha value is -2.28. The summed E-state index contributed by atoms with van der Waals surface area (Å²) < 4.78 is 1.96. The van der Waals surface area contributed by atoms with Gasteiger partial charge in [0.2, 0.25) is 0 Å². The lowest BCUT2D eigenvalue weighted by Crippen LogP contribution is -2.45. The van der Waals surface area contributed by atoms with Crippen molar-refractivity contribution in [1.29, 1.82) is 0 Å². The smallest absolute Gasteiger partial charge is 0.255 e. The minimum atomic E-state index is 0.0866. The fraction of sp³-hybridized carbons (Fsp3) is 0.556. The van der Waals surface area contributed by atoms with E-state index in [0.717, 1.165) is 57.1 Å². The first kappa shape index (κ1) is 17.5. The molecule has 0 radical (unpaired) electrons. The molecule has 7 nitrogen and oxygen atoms in total. The van der Waals surface area contributed by atoms with E-state index in [9.17, 15) is 4.79 Å². The number of aryl methyl sites for hydroxylation is 3. The highest BCUT2D eigenvalue weighted by molar-refractivity contribution is 5.93. The number of carbonyl (C=O) groups excluding carboxylic acids is 1. The molecule has 3 heterocycles. The summed E-state index contributed by atoms with van der Waals surface area (Å²) in [5.74, 6) is 1.89. The second-order valence-electron chi connectivity index (χ2n) is 6.55. The normalized spacial score (nSPS) is 15.5. The van der Waals surface area contributed by atoms with Gasteiger partial charge in [0.1, 0.15) is 11.6 Å². The first-order chi connectivity index (χ1) is 12.1. The van der Waals surface area contributed by atoms with E-state index < -0.39 is 0 Å². The van der Waals surface area contributed by atoms with E-state index in [2.05, 4.69) is 20.4 Å². The summed E-state index contributed by atoms with van der Waals surface area (Å²) in [6.07, 6.45) is 6.34. The molecule has 134 valence electrons. The average Bonchev–Trinajstić information content (AvgIpc) is 2.97. The van der Waals surface area contributed by atoms with E-state index in [-0.39, 0.29) is 5.91 Å². The summed E-state index contributed by atoms with van der Waals surface area (Å²) in [4.78, 5) is 22.7. The maximum absolute atomic E-state index is 12.4. The van der Waals surface area contributed by atoms with Crippen LogP contribution in [0.3, 0.4) is 0 Å². The number of hydrogen-bond donors (Lipinski definition) is 1. The number of rotatable bonds is 6. The molecule has 0 bridgehead atoms. The van der Waals surface area contributed by atoms with E-state index in [0.29, 0.717) is 11.6 Å². The van der Waals surface area contributed by atoms with Crippen molar-refractivity contribution in [3.8, 4) is 0 Å². The Labute approximate surface area is 148 Å². The lowest BCUT2D eigenvalue weighted by Gasteiger charge is -2.32. The highest BCUT2D eigenvalue weighted by Gasteiger charge is 2.23. The zero-order valence-corrected chi connectivity index (χ0v) is 15.0. The molecule has 1 aliphatic rings. The van der Waals surface area contributed by atoms with E-state index >= 15 is 0 Å². The molecule has 2 aromatic rings. The van der Waals surface area contributed by atoms with Crippen molar-refractivity contribution in [2.75, 3.05) is 19.6 Å². The molecule has 0 atom stereocenters. The first-order valence-electron chi connectivity index (χ1n) is 8.94. The van der Waals surface area contributed by atoms with Crippen LogP contribution in [0, 0.1) is 13.8 Å². The van der Waals surface area contributed by atoms with Gasteiger partial charge in [-0.25, -0.2) is 4.98 Å². The minimum absolute atomic E-state index is 0.0866. The van der Waals surface area contributed by atoms with E-state index in [4.69, 9.17) is 0 Å². The van der Waals surface area contributed by atoms with Crippen LogP contribution in [-0.4, -0.2) is 56.2 Å². The summed E-state index contributed by atoms with van der Waals surface area (Å²) in [5.41, 5.74) is 0.674. The van der Waals surface area contributed by atoms with Crippen molar-refractivity contribution in [3.05, 3.63) is 41.7 Å². The van der Waals surface area contributed by atoms with Crippen LogP contribution in [0.25, 0.3) is 0 Å². The van der Waals surface area contributed by atoms with Crippen LogP contribution in [0.1, 0.15) is 41.3 Å². The first-order valence-corrected chi connectivity index (χ1v) is 8.94. The Morgan fingerprint density at radius 1 is 1.32 bits per heavy atom. The van der Waals surface area contributed by atoms with E-state index in [1.54, 1.807) is 18.5 Å². The third-order valence-electron chi connectivity index (χ3n) is 4.63. The van der Waals surface area contributed by atoms with Crippen LogP contribution in [0.2, 0.25) is 0 Å². The van der Waals surface area contributed by atoms with Crippen LogP contribution >= 0.6 is 0 Å². The number of piperidine rings is 1. The predicted octanol–water partition coefficient (Wildman–Crippen LogP) is 1.57. The maximum Gasteiger partial charge on any atom is 0.255 e. The van der Waals surface area contributed by atoms with Gasteiger partial charge in [-0.1, -0.05) is 0 Å². The Morgan fingerprint density at radius 2 is 2.12 bits per heavy atom. The number of aromatic nitrogens is 4. The van der Waals surface area contributed by atoms with Gasteiger partial charge >= 0.3 is 0 Å². The summed E-state index contributed by atoms with van der Waals surface area (Å²) in [6, 6.07) is 4.12. The number of amides is 1. The Bertz CT molecular complexity index is 691. The van der Waals surface area contributed by atoms with Crippen LogP contribution in [0.4, 0.5) is 0 Å². The average molecular weight is 342 g/mol. The lowest BCUT2D eigenvalue weighted by atomic mass is 10.0. The SMILES string of the molecule is Cc1nc(C)n(CCCNC2CCN(C(=O)c3cccnc3)CC2)n1. The molecular formula is C18H26N6O. The van der Waals surface area contributed by atoms with Crippen LogP contribution in [0.5, 0.6) is 0 Å². The summed E-state index contributed by atoms with van der Waals surface area (Å²) in [7, 11) is 0. The lowest BCUT2D eigenvalue weighted by molar-refractivity contribution is 0.0704. The van der Waals surface area contributed by atoms with Gasteiger partial charge in [0.05, 0.1) is 5.56 Å². The molecule has 25 heavy (non-hydrogen) atoms. The van der Waals surface area contributed by atoms with Crippen LogP contribution in [-0.2, 0) is 6.54 Å². The van der Waals surface area contributed by atoms with Gasteiger partial charge in [0, 0.05) is 38.1 Å². The van der Waals surface area contributed by atoms with Gasteiger partial charge in [-0.2, -0.15) is 5.10 Å². The largest absolute Gasteiger partial charge is 0.338 e. The van der Waals surface area contributed by atoms with Gasteiger partial charge < -0.3 is 10.2 Å². The van der Waals surface area contributed by atoms with Gasteiger partial charge in [-0.3, -0.25) is 14.5 Å². The van der Waals surface area contributed by atoms with Gasteiger partial charge in [-0.15, -0.1) is 0 Å². The van der Waals surface area contributed by atoms with Gasteiger partial charge in [0.15, 0.2) is 0 Å². The maximum atomic E-state index is 12.4. The van der Waals surface area contributed by atoms with Crippen LogP contribution in [0.15, 0.2) is 24.5 Å². The molecule has 3 rings (SSSR count). The number of nitrogens with zero attached hydrogens (tertiary/aromatic N) is 5. The zero-order chi connectivity index (χ0) is 17.6. The summed E-state index contributed by atoms with van der Waals surface area (Å²) in [6.45, 7) is 7.35. The molecule has 0 aromatic carbocycles. The van der Waals surface area contributed by atoms with Crippen molar-refractivity contribution < 1.29 is 4.79 Å². The van der Waals surface area contributed by atoms with E-state index in [1.165, 1.54) is 0 Å². The molecule has 0 unspecified atom stereocenters. The van der Waals surface area contributed by atoms with Crippen molar-refractivity contribution in [1.82, 2.24) is 30.0 Å². The second-order valence-corrected chi connectivity index (χ2v) is 6.55. The monoisotopic (exact) mass is 342 g/mol. The molecule has 2 aromatic heterocycles. The number of hydrogen-bond acceptors (Lipinski definition) is 5. The van der Waals surface area contributed by atoms with Crippen molar-refractivity contribution in [2.24, 2.45) is 0 Å². The Balaban J connectivity index is 1.37. The molecule has 1 saturated heterocycles. The zero-order valence-electron chi connectivity index (χ0n) is 15.0. The van der Waals surface area contributed by atoms with E-state index in [1.807, 2.05) is 29.5 Å². The molecule has 1 N–H and O–H groups in total. The quantitative estimate of drug-likeness (QED) is 0.807. The molecular weight excluding hydrogens is 316 g/mol. The van der Waals surface area contributed by atoms with Crippen molar-refractivity contribution in [2.45, 2.75) is 45.7 Å². The highest BCUT2D eigenvalue weighted by Crippen LogP contribution is 2.13. The van der Waals surface area contributed by atoms with Gasteiger partial charge in [-0.05, 0) is 51.8 Å². The number of nitrogens with one attached hydrogen (secondary N) is 1. The predicted molar refractivity (Wildman–Crippen MR) is 95.3 cm³/mol. The molecule has 0 spiro atoms. The fourth-order valence-electron chi connectivity index (χ4n) is 3.27. The molecule has 0 saturated carbocycles. The van der Waals surface area contributed by atoms with Crippen molar-refractivity contribution in [3.63, 3.8) is 0 Å². The number of carbonyl (C=O) groups is 1. The van der Waals surface area contributed by atoms with Gasteiger partial charge in [0.25, 0.3) is 5.91 Å². The van der Waals surface area contributed by atoms with Crippen molar-refractivity contribution >= 4 is 5.91 Å².